The first-order valence-electron chi connectivity index (χ1n) is 12.3. The minimum atomic E-state index is -5.99. The second kappa shape index (κ2) is 9.82. The van der Waals surface area contributed by atoms with Gasteiger partial charge in [-0.05, 0) is 36.1 Å². The molecule has 0 saturated heterocycles. The molecule has 1 amide bonds. The van der Waals surface area contributed by atoms with Gasteiger partial charge < -0.3 is 14.7 Å². The van der Waals surface area contributed by atoms with E-state index in [2.05, 4.69) is 4.98 Å². The van der Waals surface area contributed by atoms with Crippen LogP contribution in [0, 0.1) is 0 Å². The number of aryl methyl sites for hydroxylation is 1. The van der Waals surface area contributed by atoms with E-state index in [0.717, 1.165) is 37.5 Å². The van der Waals surface area contributed by atoms with E-state index >= 15 is 0 Å². The van der Waals surface area contributed by atoms with Gasteiger partial charge >= 0.3 is 21.7 Å². The first kappa shape index (κ1) is 28.5. The third-order valence-electron chi connectivity index (χ3n) is 6.87. The number of sulfonamides is 1. The van der Waals surface area contributed by atoms with Gasteiger partial charge in [-0.25, -0.2) is 4.98 Å². The Balaban J connectivity index is 1.82. The Bertz CT molecular complexity index is 1720. The van der Waals surface area contributed by atoms with Crippen molar-refractivity contribution in [1.29, 1.82) is 0 Å². The van der Waals surface area contributed by atoms with E-state index in [0.29, 0.717) is 17.9 Å². The Morgan fingerprint density at radius 1 is 1.10 bits per heavy atom. The molecule has 0 atom stereocenters. The largest absolute Gasteiger partial charge is 0.516 e. The number of alkyl halides is 6. The van der Waals surface area contributed by atoms with Crippen molar-refractivity contribution in [2.75, 3.05) is 4.72 Å². The number of aromatic nitrogens is 2. The second-order valence-electron chi connectivity index (χ2n) is 9.55. The Hall–Kier alpha value is -4.01. The molecule has 15 heteroatoms. The molecule has 41 heavy (non-hydrogen) atoms. The summed E-state index contributed by atoms with van der Waals surface area (Å²) in [7, 11) is -5.99. The van der Waals surface area contributed by atoms with Crippen molar-refractivity contribution >= 4 is 21.6 Å². The Labute approximate surface area is 229 Å². The molecule has 1 aliphatic heterocycles. The molecule has 218 valence electrons. The number of primary amides is 1. The number of nitrogens with zero attached hydrogens (tertiary/aromatic N) is 2. The highest BCUT2D eigenvalue weighted by atomic mass is 32.2. The summed E-state index contributed by atoms with van der Waals surface area (Å²) in [5, 5.41) is 0. The van der Waals surface area contributed by atoms with Crippen molar-refractivity contribution in [3.8, 4) is 22.3 Å². The van der Waals surface area contributed by atoms with Gasteiger partial charge in [-0.3, -0.25) is 9.52 Å². The van der Waals surface area contributed by atoms with Crippen LogP contribution in [0.25, 0.3) is 22.3 Å². The van der Waals surface area contributed by atoms with Crippen LogP contribution in [0.2, 0.25) is 0 Å². The number of carbonyl (C=O) groups is 1. The lowest BCUT2D eigenvalue weighted by Gasteiger charge is -2.18. The summed E-state index contributed by atoms with van der Waals surface area (Å²) < 4.78 is 116. The van der Waals surface area contributed by atoms with Gasteiger partial charge in [0, 0.05) is 29.0 Å². The highest BCUT2D eigenvalue weighted by Crippen LogP contribution is 2.52. The fourth-order valence-electron chi connectivity index (χ4n) is 5.01. The van der Waals surface area contributed by atoms with Gasteiger partial charge in [0.2, 0.25) is 0 Å². The molecule has 0 bridgehead atoms. The second-order valence-corrected chi connectivity index (χ2v) is 11.2. The van der Waals surface area contributed by atoms with Crippen LogP contribution in [0.5, 0.6) is 0 Å². The number of carbonyl (C=O) groups excluding carboxylic acids is 1. The number of hydrogen-bond donors (Lipinski definition) is 2. The number of benzene rings is 1. The fourth-order valence-corrected chi connectivity index (χ4v) is 5.60. The van der Waals surface area contributed by atoms with Crippen LogP contribution in [0.1, 0.15) is 58.8 Å². The third-order valence-corrected chi connectivity index (χ3v) is 7.97. The van der Waals surface area contributed by atoms with Crippen LogP contribution < -0.4 is 10.5 Å². The fraction of sp³-hybridized carbons (Fsp3) is 0.308. The van der Waals surface area contributed by atoms with Gasteiger partial charge in [0.25, 0.3) is 5.91 Å². The van der Waals surface area contributed by atoms with Crippen molar-refractivity contribution < 1.29 is 44.0 Å². The lowest BCUT2D eigenvalue weighted by Crippen LogP contribution is -2.30. The van der Waals surface area contributed by atoms with E-state index in [1.54, 1.807) is 6.92 Å². The lowest BCUT2D eigenvalue weighted by atomic mass is 9.98. The van der Waals surface area contributed by atoms with E-state index in [1.807, 2.05) is 0 Å². The summed E-state index contributed by atoms with van der Waals surface area (Å²) in [6.07, 6.45) is -1.24. The van der Waals surface area contributed by atoms with E-state index in [-0.39, 0.29) is 29.3 Å². The number of rotatable bonds is 8. The number of nitrogens with two attached hydrogens (primary N) is 1. The number of fused-ring (bicyclic) bond motifs is 1. The average Bonchev–Trinajstić information content (AvgIpc) is 3.58. The molecule has 1 aromatic carbocycles. The first-order chi connectivity index (χ1) is 19.2. The Morgan fingerprint density at radius 3 is 2.37 bits per heavy atom. The van der Waals surface area contributed by atoms with Gasteiger partial charge in [-0.1, -0.05) is 25.1 Å². The smallest absolute Gasteiger partial charge is 0.472 e. The van der Waals surface area contributed by atoms with Crippen LogP contribution in [-0.4, -0.2) is 29.4 Å². The summed E-state index contributed by atoms with van der Waals surface area (Å²) in [6, 6.07) is 5.72. The molecule has 0 spiro atoms. The number of amides is 1. The van der Waals surface area contributed by atoms with Crippen LogP contribution in [0.4, 0.5) is 32.0 Å². The topological polar surface area (TPSA) is 120 Å². The molecule has 1 saturated carbocycles. The molecule has 5 rings (SSSR count). The molecule has 0 unspecified atom stereocenters. The van der Waals surface area contributed by atoms with Gasteiger partial charge in [0.15, 0.2) is 0 Å². The Morgan fingerprint density at radius 2 is 1.78 bits per heavy atom. The highest BCUT2D eigenvalue weighted by molar-refractivity contribution is 7.93. The lowest BCUT2D eigenvalue weighted by molar-refractivity contribution is -0.136. The van der Waals surface area contributed by atoms with Crippen molar-refractivity contribution in [2.24, 2.45) is 5.73 Å². The van der Waals surface area contributed by atoms with E-state index < -0.39 is 55.6 Å². The zero-order chi connectivity index (χ0) is 29.9. The molecule has 1 aromatic heterocycles. The molecular formula is C26H22F6N4O4S. The number of halogens is 6. The minimum absolute atomic E-state index is 0.0260. The maximum atomic E-state index is 14.7. The van der Waals surface area contributed by atoms with Gasteiger partial charge in [-0.2, -0.15) is 34.8 Å². The van der Waals surface area contributed by atoms with Crippen LogP contribution >= 0.6 is 0 Å². The van der Waals surface area contributed by atoms with Crippen molar-refractivity contribution in [1.82, 2.24) is 9.55 Å². The molecule has 3 aliphatic rings. The molecule has 2 heterocycles. The van der Waals surface area contributed by atoms with Crippen LogP contribution in [-0.2, 0) is 29.2 Å². The molecule has 8 nitrogen and oxygen atoms in total. The van der Waals surface area contributed by atoms with E-state index in [4.69, 9.17) is 10.2 Å². The van der Waals surface area contributed by atoms with Gasteiger partial charge in [-0.15, -0.1) is 0 Å². The minimum Gasteiger partial charge on any atom is -0.472 e. The monoisotopic (exact) mass is 600 g/mol. The van der Waals surface area contributed by atoms with Crippen molar-refractivity contribution in [3.05, 3.63) is 71.2 Å². The quantitative estimate of drug-likeness (QED) is 0.236. The van der Waals surface area contributed by atoms with Gasteiger partial charge in [0.1, 0.15) is 11.5 Å². The first-order valence-corrected chi connectivity index (χ1v) is 13.8. The third kappa shape index (κ3) is 5.02. The summed E-state index contributed by atoms with van der Waals surface area (Å²) >= 11 is 0. The number of imidazole rings is 1. The van der Waals surface area contributed by atoms with Crippen molar-refractivity contribution in [3.63, 3.8) is 0 Å². The van der Waals surface area contributed by atoms with Crippen LogP contribution in [0.15, 0.2) is 47.3 Å². The maximum Gasteiger partial charge on any atom is 0.516 e. The average molecular weight is 601 g/mol. The van der Waals surface area contributed by atoms with Crippen molar-refractivity contribution in [2.45, 2.75) is 50.3 Å². The molecule has 1 fully saturated rings. The van der Waals surface area contributed by atoms with E-state index in [9.17, 15) is 39.6 Å². The predicted molar refractivity (Wildman–Crippen MR) is 136 cm³/mol. The summed E-state index contributed by atoms with van der Waals surface area (Å²) in [4.78, 5) is 17.1. The zero-order valence-corrected chi connectivity index (χ0v) is 22.0. The molecule has 2 aliphatic carbocycles. The maximum absolute atomic E-state index is 14.7. The summed E-state index contributed by atoms with van der Waals surface area (Å²) in [5.74, 6) is -0.482. The molecule has 2 aromatic rings. The summed E-state index contributed by atoms with van der Waals surface area (Å²) in [6.45, 7) is 1.37. The summed E-state index contributed by atoms with van der Waals surface area (Å²) in [5.41, 5.74) is -2.97. The van der Waals surface area contributed by atoms with E-state index in [1.165, 1.54) is 27.5 Å². The molecule has 3 N–H and O–H groups in total. The Kier molecular flexibility index (Phi) is 6.83. The molecular weight excluding hydrogens is 578 g/mol. The van der Waals surface area contributed by atoms with Gasteiger partial charge in [0.05, 0.1) is 36.0 Å². The predicted octanol–water partition coefficient (Wildman–Crippen LogP) is 6.12. The normalized spacial score (nSPS) is 14.5. The number of para-hydroxylation sites is 1. The standard InChI is InChI=1S/C26H22F6N4O4S/c1-2-19-34-22(13-7-8-13)23(24(33)37)36(19)11-16-14-9-10-40-12-17(14)21(25(27,28)29)20(16)15-5-3-4-6-18(15)35-41(38,39)26(30,31)32/h3-6,9-10,12-13,35H,2,7-8,11H2,1H3,(H2,33,37). The molecule has 0 radical (unpaired) electrons. The van der Waals surface area contributed by atoms with Crippen LogP contribution in [0.3, 0.4) is 0 Å². The SMILES string of the molecule is CCc1nc(C2CC2)c(C(N)=O)n1Cc1c2ccocc-2c(C(F)(F)F)c1-c1ccccc1NS(=O)(=O)C(F)(F)F. The number of nitrogens with one attached hydrogen (secondary N) is 1. The number of anilines is 1. The highest BCUT2D eigenvalue weighted by Gasteiger charge is 2.47. The number of hydrogen-bond acceptors (Lipinski definition) is 5. The zero-order valence-electron chi connectivity index (χ0n) is 21.2.